The second kappa shape index (κ2) is 4.06. The zero-order chi connectivity index (χ0) is 10.8. The van der Waals surface area contributed by atoms with Crippen molar-refractivity contribution in [2.75, 3.05) is 12.4 Å². The summed E-state index contributed by atoms with van der Waals surface area (Å²) in [6.07, 6.45) is 1.65. The van der Waals surface area contributed by atoms with Crippen molar-refractivity contribution in [3.8, 4) is 11.3 Å². The van der Waals surface area contributed by atoms with E-state index in [1.165, 1.54) is 5.56 Å². The van der Waals surface area contributed by atoms with Crippen LogP contribution in [0.15, 0.2) is 33.4 Å². The van der Waals surface area contributed by atoms with E-state index in [9.17, 15) is 0 Å². The third-order valence-electron chi connectivity index (χ3n) is 2.19. The van der Waals surface area contributed by atoms with E-state index >= 15 is 0 Å². The van der Waals surface area contributed by atoms with Gasteiger partial charge in [-0.25, -0.2) is 0 Å². The highest BCUT2D eigenvalue weighted by atomic mass is 79.9. The summed E-state index contributed by atoms with van der Waals surface area (Å²) in [4.78, 5) is 4.30. The van der Waals surface area contributed by atoms with Crippen LogP contribution < -0.4 is 5.32 Å². The Labute approximate surface area is 96.6 Å². The van der Waals surface area contributed by atoms with Gasteiger partial charge < -0.3 is 9.73 Å². The molecule has 0 aliphatic heterocycles. The summed E-state index contributed by atoms with van der Waals surface area (Å²) in [6, 6.07) is 6.63. The lowest BCUT2D eigenvalue weighted by Crippen LogP contribution is -1.88. The standard InChI is InChI=1S/C11H11BrN2O/c1-7-3-4-8(12)5-9(7)10-6-15-11(13-2)14-10/h3-6H,1-2H3,(H,13,14). The molecular formula is C11H11BrN2O. The molecule has 0 unspecified atom stereocenters. The number of aryl methyl sites for hydroxylation is 1. The molecule has 0 saturated heterocycles. The van der Waals surface area contributed by atoms with Crippen LogP contribution in [0.2, 0.25) is 0 Å². The Hall–Kier alpha value is -1.29. The minimum atomic E-state index is 0.532. The molecule has 0 bridgehead atoms. The first-order chi connectivity index (χ1) is 7.20. The minimum absolute atomic E-state index is 0.532. The van der Waals surface area contributed by atoms with E-state index < -0.39 is 0 Å². The average molecular weight is 267 g/mol. The molecule has 0 fully saturated rings. The molecule has 78 valence electrons. The maximum Gasteiger partial charge on any atom is 0.294 e. The van der Waals surface area contributed by atoms with Gasteiger partial charge in [0.2, 0.25) is 0 Å². The molecule has 1 aromatic carbocycles. The monoisotopic (exact) mass is 266 g/mol. The Balaban J connectivity index is 2.48. The van der Waals surface area contributed by atoms with Crippen LogP contribution in [0.3, 0.4) is 0 Å². The van der Waals surface area contributed by atoms with Crippen molar-refractivity contribution in [2.24, 2.45) is 0 Å². The maximum absolute atomic E-state index is 5.23. The first-order valence-electron chi connectivity index (χ1n) is 4.60. The quantitative estimate of drug-likeness (QED) is 0.905. The van der Waals surface area contributed by atoms with Crippen molar-refractivity contribution < 1.29 is 4.42 Å². The molecule has 1 heterocycles. The summed E-state index contributed by atoms with van der Waals surface area (Å²) in [6.45, 7) is 2.05. The zero-order valence-corrected chi connectivity index (χ0v) is 10.1. The highest BCUT2D eigenvalue weighted by Crippen LogP contribution is 2.26. The first-order valence-corrected chi connectivity index (χ1v) is 5.40. The van der Waals surface area contributed by atoms with Crippen molar-refractivity contribution >= 4 is 21.9 Å². The van der Waals surface area contributed by atoms with Gasteiger partial charge >= 0.3 is 0 Å². The van der Waals surface area contributed by atoms with Crippen molar-refractivity contribution in [3.05, 3.63) is 34.5 Å². The summed E-state index contributed by atoms with van der Waals surface area (Å²) >= 11 is 3.44. The Bertz CT molecular complexity index is 479. The Morgan fingerprint density at radius 3 is 2.87 bits per heavy atom. The molecule has 0 amide bonds. The predicted octanol–water partition coefficient (Wildman–Crippen LogP) is 3.45. The average Bonchev–Trinajstić information content (AvgIpc) is 2.70. The summed E-state index contributed by atoms with van der Waals surface area (Å²) in [5.41, 5.74) is 3.10. The molecule has 3 nitrogen and oxygen atoms in total. The van der Waals surface area contributed by atoms with Crippen molar-refractivity contribution in [1.29, 1.82) is 0 Å². The molecule has 0 aliphatic carbocycles. The highest BCUT2D eigenvalue weighted by Gasteiger charge is 2.07. The lowest BCUT2D eigenvalue weighted by Gasteiger charge is -2.01. The van der Waals surface area contributed by atoms with Crippen molar-refractivity contribution in [2.45, 2.75) is 6.92 Å². The summed E-state index contributed by atoms with van der Waals surface area (Å²) in [5.74, 6) is 0. The van der Waals surface area contributed by atoms with Gasteiger partial charge in [0.1, 0.15) is 12.0 Å². The van der Waals surface area contributed by atoms with E-state index in [2.05, 4.69) is 33.2 Å². The molecule has 0 saturated carbocycles. The lowest BCUT2D eigenvalue weighted by atomic mass is 10.1. The molecule has 0 spiro atoms. The maximum atomic E-state index is 5.23. The summed E-state index contributed by atoms with van der Waals surface area (Å²) in [5, 5.41) is 2.86. The normalized spacial score (nSPS) is 10.3. The van der Waals surface area contributed by atoms with Gasteiger partial charge in [0, 0.05) is 17.1 Å². The Morgan fingerprint density at radius 2 is 2.20 bits per heavy atom. The first kappa shape index (κ1) is 10.2. The van der Waals surface area contributed by atoms with Gasteiger partial charge in [-0.05, 0) is 24.6 Å². The Kier molecular flexibility index (Phi) is 2.77. The van der Waals surface area contributed by atoms with Gasteiger partial charge in [0.05, 0.1) is 0 Å². The van der Waals surface area contributed by atoms with Crippen LogP contribution in [0.5, 0.6) is 0 Å². The lowest BCUT2D eigenvalue weighted by molar-refractivity contribution is 0.576. The number of hydrogen-bond acceptors (Lipinski definition) is 3. The molecule has 4 heteroatoms. The number of rotatable bonds is 2. The summed E-state index contributed by atoms with van der Waals surface area (Å²) in [7, 11) is 1.78. The van der Waals surface area contributed by atoms with Gasteiger partial charge in [-0.1, -0.05) is 22.0 Å². The van der Waals surface area contributed by atoms with Crippen LogP contribution in [0.25, 0.3) is 11.3 Å². The van der Waals surface area contributed by atoms with E-state index in [1.807, 2.05) is 18.2 Å². The molecule has 2 rings (SSSR count). The minimum Gasteiger partial charge on any atom is -0.432 e. The molecule has 0 atom stereocenters. The van der Waals surface area contributed by atoms with Crippen molar-refractivity contribution in [1.82, 2.24) is 4.98 Å². The molecule has 0 aliphatic rings. The van der Waals surface area contributed by atoms with Crippen LogP contribution in [-0.4, -0.2) is 12.0 Å². The van der Waals surface area contributed by atoms with Gasteiger partial charge in [0.15, 0.2) is 0 Å². The van der Waals surface area contributed by atoms with Gasteiger partial charge in [-0.2, -0.15) is 4.98 Å². The van der Waals surface area contributed by atoms with E-state index in [1.54, 1.807) is 13.3 Å². The number of nitrogens with zero attached hydrogens (tertiary/aromatic N) is 1. The van der Waals surface area contributed by atoms with Gasteiger partial charge in [-0.3, -0.25) is 0 Å². The molecule has 15 heavy (non-hydrogen) atoms. The predicted molar refractivity (Wildman–Crippen MR) is 63.9 cm³/mol. The van der Waals surface area contributed by atoms with Crippen molar-refractivity contribution in [3.63, 3.8) is 0 Å². The van der Waals surface area contributed by atoms with E-state index in [4.69, 9.17) is 4.42 Å². The van der Waals surface area contributed by atoms with E-state index in [-0.39, 0.29) is 0 Å². The van der Waals surface area contributed by atoms with Gasteiger partial charge in [0.25, 0.3) is 6.01 Å². The number of oxazole rings is 1. The second-order valence-electron chi connectivity index (χ2n) is 3.25. The number of aromatic nitrogens is 1. The topological polar surface area (TPSA) is 38.1 Å². The van der Waals surface area contributed by atoms with E-state index in [0.717, 1.165) is 15.7 Å². The second-order valence-corrected chi connectivity index (χ2v) is 4.16. The molecule has 1 N–H and O–H groups in total. The van der Waals surface area contributed by atoms with Crippen LogP contribution >= 0.6 is 15.9 Å². The number of benzene rings is 1. The number of halogens is 1. The van der Waals surface area contributed by atoms with E-state index in [0.29, 0.717) is 6.01 Å². The largest absolute Gasteiger partial charge is 0.432 e. The molecule has 2 aromatic rings. The third-order valence-corrected chi connectivity index (χ3v) is 2.69. The number of anilines is 1. The fourth-order valence-corrected chi connectivity index (χ4v) is 1.74. The number of nitrogens with one attached hydrogen (secondary N) is 1. The van der Waals surface area contributed by atoms with Gasteiger partial charge in [-0.15, -0.1) is 0 Å². The highest BCUT2D eigenvalue weighted by molar-refractivity contribution is 9.10. The summed E-state index contributed by atoms with van der Waals surface area (Å²) < 4.78 is 6.26. The van der Waals surface area contributed by atoms with Crippen LogP contribution in [0.1, 0.15) is 5.56 Å². The SMILES string of the molecule is CNc1nc(-c2cc(Br)ccc2C)co1. The Morgan fingerprint density at radius 1 is 1.40 bits per heavy atom. The van der Waals surface area contributed by atoms with Crippen LogP contribution in [-0.2, 0) is 0 Å². The molecule has 0 radical (unpaired) electrons. The third kappa shape index (κ3) is 2.04. The fourth-order valence-electron chi connectivity index (χ4n) is 1.38. The van der Waals surface area contributed by atoms with Crippen LogP contribution in [0.4, 0.5) is 6.01 Å². The van der Waals surface area contributed by atoms with Crippen LogP contribution in [0, 0.1) is 6.92 Å². The smallest absolute Gasteiger partial charge is 0.294 e. The molecular weight excluding hydrogens is 256 g/mol. The molecule has 1 aromatic heterocycles. The zero-order valence-electron chi connectivity index (χ0n) is 8.54. The fraction of sp³-hybridized carbons (Fsp3) is 0.182. The number of hydrogen-bond donors (Lipinski definition) is 1.